The van der Waals surface area contributed by atoms with Gasteiger partial charge in [-0.1, -0.05) is 29.8 Å². The van der Waals surface area contributed by atoms with E-state index in [1.54, 1.807) is 0 Å². The van der Waals surface area contributed by atoms with E-state index in [0.717, 1.165) is 72.6 Å². The minimum Gasteiger partial charge on any atom is -0.392 e. The van der Waals surface area contributed by atoms with Crippen LogP contribution in [0.3, 0.4) is 0 Å². The molecule has 1 saturated heterocycles. The first kappa shape index (κ1) is 19.1. The first-order valence-corrected chi connectivity index (χ1v) is 9.54. The number of anilines is 1. The molecule has 140 valence electrons. The number of nitrogens with zero attached hydrogens (tertiary/aromatic N) is 4. The highest BCUT2D eigenvalue weighted by Gasteiger charge is 2.23. The molecule has 1 aliphatic rings. The number of aliphatic hydroxyl groups is 1. The van der Waals surface area contributed by atoms with Crippen LogP contribution in [0.25, 0.3) is 0 Å². The second-order valence-electron chi connectivity index (χ2n) is 7.06. The predicted octanol–water partition coefficient (Wildman–Crippen LogP) is 2.84. The Balaban J connectivity index is 1.84. The number of aryl methyl sites for hydroxylation is 2. The van der Waals surface area contributed by atoms with Gasteiger partial charge in [-0.2, -0.15) is 0 Å². The van der Waals surface area contributed by atoms with Crippen molar-refractivity contribution in [1.29, 1.82) is 0 Å². The van der Waals surface area contributed by atoms with E-state index in [1.807, 2.05) is 39.0 Å². The third-order valence-electron chi connectivity index (χ3n) is 4.82. The van der Waals surface area contributed by atoms with Crippen LogP contribution < -0.4 is 4.90 Å². The first-order chi connectivity index (χ1) is 12.4. The molecule has 1 atom stereocenters. The number of aromatic nitrogens is 2. The Bertz CT molecular complexity index is 757. The summed E-state index contributed by atoms with van der Waals surface area (Å²) in [6, 6.07) is 7.95. The molecule has 1 N–H and O–H groups in total. The Labute approximate surface area is 160 Å². The molecule has 1 aliphatic heterocycles. The summed E-state index contributed by atoms with van der Waals surface area (Å²) in [5, 5.41) is 10.4. The van der Waals surface area contributed by atoms with Gasteiger partial charge in [-0.15, -0.1) is 0 Å². The van der Waals surface area contributed by atoms with Crippen molar-refractivity contribution in [3.8, 4) is 0 Å². The Morgan fingerprint density at radius 1 is 1.12 bits per heavy atom. The zero-order chi connectivity index (χ0) is 18.7. The minimum atomic E-state index is -0.291. The summed E-state index contributed by atoms with van der Waals surface area (Å²) >= 11 is 6.38. The molecule has 0 amide bonds. The number of piperazine rings is 1. The van der Waals surface area contributed by atoms with Crippen LogP contribution in [0.2, 0.25) is 5.02 Å². The van der Waals surface area contributed by atoms with Crippen molar-refractivity contribution >= 4 is 17.4 Å². The van der Waals surface area contributed by atoms with Gasteiger partial charge in [-0.25, -0.2) is 9.97 Å². The molecule has 0 saturated carbocycles. The molecule has 0 radical (unpaired) electrons. The summed E-state index contributed by atoms with van der Waals surface area (Å²) in [5.41, 5.74) is 3.25. The second-order valence-corrected chi connectivity index (χ2v) is 7.47. The van der Waals surface area contributed by atoms with Crippen molar-refractivity contribution < 1.29 is 5.11 Å². The Morgan fingerprint density at radius 3 is 2.46 bits per heavy atom. The zero-order valence-corrected chi connectivity index (χ0v) is 16.5. The normalized spacial score (nSPS) is 16.7. The number of benzene rings is 1. The van der Waals surface area contributed by atoms with Crippen molar-refractivity contribution in [3.05, 3.63) is 51.9 Å². The van der Waals surface area contributed by atoms with E-state index in [-0.39, 0.29) is 6.10 Å². The fourth-order valence-electron chi connectivity index (χ4n) is 3.53. The fraction of sp³-hybridized carbons (Fsp3) is 0.500. The van der Waals surface area contributed by atoms with Crippen LogP contribution in [0.15, 0.2) is 24.3 Å². The molecule has 0 aliphatic carbocycles. The van der Waals surface area contributed by atoms with Gasteiger partial charge >= 0.3 is 0 Å². The molecule has 2 heterocycles. The van der Waals surface area contributed by atoms with Crippen LogP contribution in [0.4, 0.5) is 5.82 Å². The monoisotopic (exact) mass is 374 g/mol. The lowest BCUT2D eigenvalue weighted by molar-refractivity contribution is 0.122. The van der Waals surface area contributed by atoms with Crippen LogP contribution in [0.5, 0.6) is 0 Å². The number of hydrogen-bond donors (Lipinski definition) is 1. The van der Waals surface area contributed by atoms with Crippen LogP contribution in [0.1, 0.15) is 29.6 Å². The van der Waals surface area contributed by atoms with Gasteiger partial charge in [-0.05, 0) is 32.4 Å². The maximum atomic E-state index is 9.61. The molecule has 1 aromatic heterocycles. The summed E-state index contributed by atoms with van der Waals surface area (Å²) in [5.74, 6) is 1.82. The molecule has 1 aromatic carbocycles. The highest BCUT2D eigenvalue weighted by atomic mass is 35.5. The van der Waals surface area contributed by atoms with Crippen LogP contribution in [-0.2, 0) is 6.42 Å². The largest absolute Gasteiger partial charge is 0.392 e. The van der Waals surface area contributed by atoms with Gasteiger partial charge in [0, 0.05) is 55.4 Å². The number of aliphatic hydroxyl groups excluding tert-OH is 1. The Hall–Kier alpha value is -1.69. The molecule has 1 fully saturated rings. The van der Waals surface area contributed by atoms with Crippen LogP contribution in [-0.4, -0.2) is 58.8 Å². The molecule has 3 rings (SSSR count). The third-order valence-corrected chi connectivity index (χ3v) is 5.19. The van der Waals surface area contributed by atoms with Crippen LogP contribution in [0, 0.1) is 13.8 Å². The Morgan fingerprint density at radius 2 is 1.81 bits per heavy atom. The van der Waals surface area contributed by atoms with Gasteiger partial charge in [0.15, 0.2) is 0 Å². The lowest BCUT2D eigenvalue weighted by atomic mass is 10.0. The maximum absolute atomic E-state index is 9.61. The lowest BCUT2D eigenvalue weighted by Crippen LogP contribution is -2.48. The second kappa shape index (κ2) is 8.33. The molecule has 1 unspecified atom stereocenters. The molecule has 5 nitrogen and oxygen atoms in total. The molecular formula is C20H27ClN4O. The smallest absolute Gasteiger partial charge is 0.136 e. The lowest BCUT2D eigenvalue weighted by Gasteiger charge is -2.37. The Kier molecular flexibility index (Phi) is 6.12. The number of β-amino-alcohol motifs (C(OH)–C–C–N with tert-alkyl or cyclic N) is 1. The van der Waals surface area contributed by atoms with Gasteiger partial charge in [0.2, 0.25) is 0 Å². The zero-order valence-electron chi connectivity index (χ0n) is 15.7. The van der Waals surface area contributed by atoms with E-state index in [2.05, 4.69) is 20.9 Å². The van der Waals surface area contributed by atoms with E-state index in [1.165, 1.54) is 0 Å². The van der Waals surface area contributed by atoms with Gasteiger partial charge in [0.1, 0.15) is 11.6 Å². The number of hydrogen-bond acceptors (Lipinski definition) is 5. The third kappa shape index (κ3) is 4.53. The number of halogens is 1. The topological polar surface area (TPSA) is 52.5 Å². The average molecular weight is 375 g/mol. The minimum absolute atomic E-state index is 0.291. The number of rotatable bonds is 5. The summed E-state index contributed by atoms with van der Waals surface area (Å²) in [6.45, 7) is 10.2. The quantitative estimate of drug-likeness (QED) is 0.872. The highest BCUT2D eigenvalue weighted by Crippen LogP contribution is 2.27. The van der Waals surface area contributed by atoms with Gasteiger partial charge in [-0.3, -0.25) is 4.90 Å². The van der Waals surface area contributed by atoms with Gasteiger partial charge in [0.25, 0.3) is 0 Å². The van der Waals surface area contributed by atoms with Gasteiger partial charge in [0.05, 0.1) is 6.10 Å². The van der Waals surface area contributed by atoms with E-state index in [0.29, 0.717) is 0 Å². The van der Waals surface area contributed by atoms with Crippen molar-refractivity contribution in [2.75, 3.05) is 37.6 Å². The molecular weight excluding hydrogens is 348 g/mol. The summed E-state index contributed by atoms with van der Waals surface area (Å²) in [4.78, 5) is 14.0. The molecule has 2 aromatic rings. The van der Waals surface area contributed by atoms with Crippen molar-refractivity contribution in [2.45, 2.75) is 33.3 Å². The maximum Gasteiger partial charge on any atom is 0.136 e. The molecule has 0 spiro atoms. The van der Waals surface area contributed by atoms with E-state index in [4.69, 9.17) is 16.6 Å². The summed E-state index contributed by atoms with van der Waals surface area (Å²) in [7, 11) is 0. The highest BCUT2D eigenvalue weighted by molar-refractivity contribution is 6.31. The summed E-state index contributed by atoms with van der Waals surface area (Å²) in [6.07, 6.45) is 0.440. The molecule has 26 heavy (non-hydrogen) atoms. The average Bonchev–Trinajstić information content (AvgIpc) is 2.59. The SMILES string of the molecule is Cc1nc(C)c(Cc2ccccc2Cl)c(N2CCN(CC(C)O)CC2)n1. The van der Waals surface area contributed by atoms with Crippen molar-refractivity contribution in [2.24, 2.45) is 0 Å². The predicted molar refractivity (Wildman–Crippen MR) is 106 cm³/mol. The van der Waals surface area contributed by atoms with Gasteiger partial charge < -0.3 is 10.0 Å². The van der Waals surface area contributed by atoms with Crippen molar-refractivity contribution in [3.63, 3.8) is 0 Å². The fourth-order valence-corrected chi connectivity index (χ4v) is 3.74. The van der Waals surface area contributed by atoms with E-state index < -0.39 is 0 Å². The van der Waals surface area contributed by atoms with E-state index in [9.17, 15) is 5.11 Å². The molecule has 0 bridgehead atoms. The van der Waals surface area contributed by atoms with Crippen LogP contribution >= 0.6 is 11.6 Å². The summed E-state index contributed by atoms with van der Waals surface area (Å²) < 4.78 is 0. The first-order valence-electron chi connectivity index (χ1n) is 9.17. The molecule has 6 heteroatoms. The standard InChI is InChI=1S/C20H27ClN4O/c1-14(26)13-24-8-10-25(11-9-24)20-18(15(2)22-16(3)23-20)12-17-6-4-5-7-19(17)21/h4-7,14,26H,8-13H2,1-3H3. The van der Waals surface area contributed by atoms with Crippen molar-refractivity contribution in [1.82, 2.24) is 14.9 Å². The van der Waals surface area contributed by atoms with E-state index >= 15 is 0 Å².